The predicted octanol–water partition coefficient (Wildman–Crippen LogP) is 5.50. The molecule has 5 rings (SSSR count). The van der Waals surface area contributed by atoms with Crippen LogP contribution in [-0.2, 0) is 0 Å². The highest BCUT2D eigenvalue weighted by Crippen LogP contribution is 2.48. The van der Waals surface area contributed by atoms with Crippen LogP contribution in [0.25, 0.3) is 0 Å². The number of benzene rings is 3. The van der Waals surface area contributed by atoms with Crippen molar-refractivity contribution in [2.45, 2.75) is 19.3 Å². The number of allylic oxidation sites excluding steroid dienone is 2. The monoisotopic (exact) mass is 414 g/mol. The van der Waals surface area contributed by atoms with Crippen molar-refractivity contribution in [1.29, 1.82) is 0 Å². The quantitative estimate of drug-likeness (QED) is 0.417. The number of ether oxygens (including phenoxy) is 4. The third kappa shape index (κ3) is 3.52. The van der Waals surface area contributed by atoms with E-state index in [-0.39, 0.29) is 18.5 Å². The molecule has 2 heterocycles. The maximum Gasteiger partial charge on any atom is 0.231 e. The molecule has 31 heavy (non-hydrogen) atoms. The van der Waals surface area contributed by atoms with Crippen LogP contribution >= 0.6 is 0 Å². The first kappa shape index (κ1) is 19.2. The molecule has 0 bridgehead atoms. The SMILES string of the molecule is COc1ccc([C@@H]2C/C(=C(\C)C(=O)c3ccccc3)Oc3cc4c(cc32)OCO4)cc1. The molecule has 3 aromatic carbocycles. The molecule has 0 radical (unpaired) electrons. The largest absolute Gasteiger partial charge is 0.497 e. The highest BCUT2D eigenvalue weighted by atomic mass is 16.7. The number of carbonyl (C=O) groups is 1. The highest BCUT2D eigenvalue weighted by Gasteiger charge is 2.32. The van der Waals surface area contributed by atoms with Gasteiger partial charge in [0.05, 0.1) is 7.11 Å². The third-order valence-corrected chi connectivity index (χ3v) is 5.82. The van der Waals surface area contributed by atoms with Gasteiger partial charge in [-0.25, -0.2) is 0 Å². The van der Waals surface area contributed by atoms with Gasteiger partial charge in [-0.2, -0.15) is 0 Å². The Bertz CT molecular complexity index is 1160. The van der Waals surface area contributed by atoms with Gasteiger partial charge in [0.15, 0.2) is 17.3 Å². The smallest absolute Gasteiger partial charge is 0.231 e. The Hall–Kier alpha value is -3.73. The van der Waals surface area contributed by atoms with Crippen molar-refractivity contribution >= 4 is 5.78 Å². The molecule has 5 nitrogen and oxygen atoms in total. The second-order valence-corrected chi connectivity index (χ2v) is 7.62. The second kappa shape index (κ2) is 7.84. The summed E-state index contributed by atoms with van der Waals surface area (Å²) in [5, 5.41) is 0. The molecule has 2 aliphatic rings. The van der Waals surface area contributed by atoms with Crippen molar-refractivity contribution in [1.82, 2.24) is 0 Å². The average Bonchev–Trinajstić information content (AvgIpc) is 3.29. The lowest BCUT2D eigenvalue weighted by atomic mass is 9.84. The van der Waals surface area contributed by atoms with Crippen LogP contribution < -0.4 is 18.9 Å². The van der Waals surface area contributed by atoms with Gasteiger partial charge < -0.3 is 18.9 Å². The Balaban J connectivity index is 1.59. The van der Waals surface area contributed by atoms with Gasteiger partial charge in [0.1, 0.15) is 17.3 Å². The molecule has 5 heteroatoms. The number of fused-ring (bicyclic) bond motifs is 2. The molecule has 0 saturated heterocycles. The van der Waals surface area contributed by atoms with Gasteiger partial charge in [0.2, 0.25) is 6.79 Å². The van der Waals surface area contributed by atoms with Crippen molar-refractivity contribution in [3.63, 3.8) is 0 Å². The van der Waals surface area contributed by atoms with E-state index in [9.17, 15) is 4.79 Å². The van der Waals surface area contributed by atoms with Crippen LogP contribution in [0.3, 0.4) is 0 Å². The van der Waals surface area contributed by atoms with Crippen molar-refractivity contribution in [2.75, 3.05) is 13.9 Å². The fourth-order valence-electron chi connectivity index (χ4n) is 4.07. The van der Waals surface area contributed by atoms with Crippen molar-refractivity contribution in [3.8, 4) is 23.0 Å². The molecule has 0 aromatic heterocycles. The average molecular weight is 414 g/mol. The molecule has 0 fully saturated rings. The second-order valence-electron chi connectivity index (χ2n) is 7.62. The number of carbonyl (C=O) groups excluding carboxylic acids is 1. The van der Waals surface area contributed by atoms with Crippen LogP contribution in [0.2, 0.25) is 0 Å². The van der Waals surface area contributed by atoms with Gasteiger partial charge in [0.25, 0.3) is 0 Å². The van der Waals surface area contributed by atoms with E-state index in [4.69, 9.17) is 18.9 Å². The van der Waals surface area contributed by atoms with Crippen LogP contribution in [0.4, 0.5) is 0 Å². The molecule has 156 valence electrons. The van der Waals surface area contributed by atoms with Crippen LogP contribution in [0.15, 0.2) is 78.1 Å². The van der Waals surface area contributed by atoms with E-state index in [1.807, 2.05) is 61.5 Å². The fraction of sp³-hybridized carbons (Fsp3) is 0.192. The van der Waals surface area contributed by atoms with Gasteiger partial charge in [-0.3, -0.25) is 4.79 Å². The summed E-state index contributed by atoms with van der Waals surface area (Å²) in [6.45, 7) is 2.02. The summed E-state index contributed by atoms with van der Waals surface area (Å²) >= 11 is 0. The van der Waals surface area contributed by atoms with Crippen molar-refractivity contribution in [2.24, 2.45) is 0 Å². The van der Waals surface area contributed by atoms with Crippen LogP contribution in [0.1, 0.15) is 40.7 Å². The molecule has 0 unspecified atom stereocenters. The summed E-state index contributed by atoms with van der Waals surface area (Å²) in [5.74, 6) is 3.50. The lowest BCUT2D eigenvalue weighted by Crippen LogP contribution is -2.17. The maximum atomic E-state index is 13.1. The van der Waals surface area contributed by atoms with Crippen LogP contribution in [0, 0.1) is 0 Å². The van der Waals surface area contributed by atoms with Gasteiger partial charge in [-0.05, 0) is 30.7 Å². The Labute approximate surface area is 180 Å². The topological polar surface area (TPSA) is 54.0 Å². The van der Waals surface area contributed by atoms with E-state index in [2.05, 4.69) is 12.1 Å². The zero-order valence-electron chi connectivity index (χ0n) is 17.4. The lowest BCUT2D eigenvalue weighted by molar-refractivity contribution is 0.102. The molecule has 0 amide bonds. The van der Waals surface area contributed by atoms with Gasteiger partial charge in [-0.15, -0.1) is 0 Å². The normalized spacial score (nSPS) is 18.1. The Morgan fingerprint density at radius 1 is 0.935 bits per heavy atom. The summed E-state index contributed by atoms with van der Waals surface area (Å²) in [5.41, 5.74) is 3.38. The van der Waals surface area contributed by atoms with E-state index < -0.39 is 0 Å². The zero-order valence-corrected chi connectivity index (χ0v) is 17.4. The minimum Gasteiger partial charge on any atom is -0.497 e. The van der Waals surface area contributed by atoms with Gasteiger partial charge in [-0.1, -0.05) is 42.5 Å². The zero-order chi connectivity index (χ0) is 21.4. The molecule has 0 saturated carbocycles. The minimum atomic E-state index is -0.0340. The first-order chi connectivity index (χ1) is 15.1. The lowest BCUT2D eigenvalue weighted by Gasteiger charge is -2.29. The number of Topliss-reactive ketones (excluding diaryl/α,β-unsaturated/α-hetero) is 1. The molecule has 3 aromatic rings. The van der Waals surface area contributed by atoms with Gasteiger partial charge >= 0.3 is 0 Å². The van der Waals surface area contributed by atoms with Crippen molar-refractivity contribution < 1.29 is 23.7 Å². The first-order valence-corrected chi connectivity index (χ1v) is 10.2. The van der Waals surface area contributed by atoms with E-state index >= 15 is 0 Å². The van der Waals surface area contributed by atoms with Gasteiger partial charge in [0, 0.05) is 35.1 Å². The molecular formula is C26H22O5. The number of hydrogen-bond donors (Lipinski definition) is 0. The number of rotatable bonds is 4. The number of methoxy groups -OCH3 is 1. The summed E-state index contributed by atoms with van der Waals surface area (Å²) < 4.78 is 22.7. The molecular weight excluding hydrogens is 392 g/mol. The maximum absolute atomic E-state index is 13.1. The predicted molar refractivity (Wildman–Crippen MR) is 116 cm³/mol. The summed E-state index contributed by atoms with van der Waals surface area (Å²) in [7, 11) is 1.65. The van der Waals surface area contributed by atoms with Crippen molar-refractivity contribution in [3.05, 3.63) is 94.8 Å². The Morgan fingerprint density at radius 3 is 2.35 bits per heavy atom. The summed E-state index contributed by atoms with van der Waals surface area (Å²) in [4.78, 5) is 13.1. The third-order valence-electron chi connectivity index (χ3n) is 5.82. The highest BCUT2D eigenvalue weighted by molar-refractivity contribution is 6.08. The van der Waals surface area contributed by atoms with Crippen LogP contribution in [0.5, 0.6) is 23.0 Å². The Morgan fingerprint density at radius 2 is 1.65 bits per heavy atom. The fourth-order valence-corrected chi connectivity index (χ4v) is 4.07. The minimum absolute atomic E-state index is 0.0117. The molecule has 0 N–H and O–H groups in total. The number of ketones is 1. The molecule has 1 atom stereocenters. The Kier molecular flexibility index (Phi) is 4.86. The summed E-state index contributed by atoms with van der Waals surface area (Å²) in [6, 6.07) is 21.1. The molecule has 0 aliphatic carbocycles. The summed E-state index contributed by atoms with van der Waals surface area (Å²) in [6.07, 6.45) is 0.573. The number of hydrogen-bond acceptors (Lipinski definition) is 5. The van der Waals surface area contributed by atoms with Crippen LogP contribution in [-0.4, -0.2) is 19.7 Å². The standard InChI is InChI=1S/C26H22O5/c1-16(26(27)18-6-4-3-5-7-18)22-12-20(17-8-10-19(28-2)11-9-17)21-13-24-25(30-15-29-24)14-23(21)31-22/h3-11,13-14,20H,12,15H2,1-2H3/b22-16-/t20-/m0/s1. The first-order valence-electron chi connectivity index (χ1n) is 10.2. The van der Waals surface area contributed by atoms with E-state index in [1.165, 1.54) is 0 Å². The van der Waals surface area contributed by atoms with E-state index in [1.54, 1.807) is 7.11 Å². The molecule has 2 aliphatic heterocycles. The van der Waals surface area contributed by atoms with E-state index in [0.717, 1.165) is 16.9 Å². The molecule has 0 spiro atoms. The van der Waals surface area contributed by atoms with E-state index in [0.29, 0.717) is 40.6 Å².